The van der Waals surface area contributed by atoms with Crippen molar-refractivity contribution < 1.29 is 14.0 Å². The second-order valence-electron chi connectivity index (χ2n) is 5.93. The van der Waals surface area contributed by atoms with E-state index in [1.54, 1.807) is 24.3 Å². The first-order valence-electron chi connectivity index (χ1n) is 8.30. The van der Waals surface area contributed by atoms with Gasteiger partial charge in [0, 0.05) is 0 Å². The molecule has 136 valence electrons. The fraction of sp³-hybridized carbons (Fsp3) is 0.105. The van der Waals surface area contributed by atoms with Crippen LogP contribution in [0.3, 0.4) is 0 Å². The number of hydrogen-bond donors (Lipinski definition) is 3. The summed E-state index contributed by atoms with van der Waals surface area (Å²) in [5.74, 6) is 0.316. The maximum absolute atomic E-state index is 12.5. The number of nitrogens with one attached hydrogen (secondary N) is 3. The van der Waals surface area contributed by atoms with E-state index in [1.165, 1.54) is 17.6 Å². The fourth-order valence-corrected chi connectivity index (χ4v) is 3.43. The largest absolute Gasteiger partial charge is 0.459 e. The first-order chi connectivity index (χ1) is 13.1. The molecule has 3 N–H and O–H groups in total. The molecule has 0 spiro atoms. The van der Waals surface area contributed by atoms with E-state index in [-0.39, 0.29) is 23.6 Å². The van der Waals surface area contributed by atoms with Gasteiger partial charge in [-0.25, -0.2) is 4.98 Å². The summed E-state index contributed by atoms with van der Waals surface area (Å²) < 4.78 is 5.05. The molecule has 4 rings (SSSR count). The second kappa shape index (κ2) is 7.08. The van der Waals surface area contributed by atoms with Gasteiger partial charge in [-0.1, -0.05) is 12.1 Å². The number of para-hydroxylation sites is 2. The van der Waals surface area contributed by atoms with Gasteiger partial charge in [-0.2, -0.15) is 0 Å². The van der Waals surface area contributed by atoms with E-state index in [4.69, 9.17) is 4.42 Å². The molecular weight excluding hydrogens is 364 g/mol. The monoisotopic (exact) mass is 380 g/mol. The summed E-state index contributed by atoms with van der Waals surface area (Å²) in [4.78, 5) is 32.7. The number of carbonyl (C=O) groups is 2. The van der Waals surface area contributed by atoms with Crippen molar-refractivity contribution in [1.82, 2.24) is 15.3 Å². The maximum atomic E-state index is 12.5. The smallest absolute Gasteiger partial charge is 0.291 e. The van der Waals surface area contributed by atoms with Gasteiger partial charge >= 0.3 is 0 Å². The molecule has 1 atom stereocenters. The van der Waals surface area contributed by atoms with Crippen LogP contribution in [0.5, 0.6) is 0 Å². The third kappa shape index (κ3) is 3.61. The zero-order valence-corrected chi connectivity index (χ0v) is 15.2. The molecule has 27 heavy (non-hydrogen) atoms. The number of fused-ring (bicyclic) bond motifs is 1. The summed E-state index contributed by atoms with van der Waals surface area (Å²) in [6.45, 7) is 1.86. The number of imidazole rings is 1. The summed E-state index contributed by atoms with van der Waals surface area (Å²) in [6.07, 6.45) is 1.43. The molecule has 0 aliphatic carbocycles. The molecule has 0 saturated heterocycles. The Bertz CT molecular complexity index is 1060. The highest BCUT2D eigenvalue weighted by molar-refractivity contribution is 7.18. The SMILES string of the molecule is CC(NC(=O)c1ccc(NC(=O)c2ccco2)s1)c1nc2ccccc2[nH]1. The number of aromatic amines is 1. The number of furan rings is 1. The van der Waals surface area contributed by atoms with Crippen LogP contribution in [0.1, 0.15) is 39.0 Å². The molecule has 1 aromatic carbocycles. The Morgan fingerprint density at radius 2 is 1.96 bits per heavy atom. The minimum absolute atomic E-state index is 0.216. The van der Waals surface area contributed by atoms with Gasteiger partial charge in [0.25, 0.3) is 11.8 Å². The van der Waals surface area contributed by atoms with E-state index >= 15 is 0 Å². The molecular formula is C19H16N4O3S. The lowest BCUT2D eigenvalue weighted by atomic mass is 10.3. The third-order valence-corrected chi connectivity index (χ3v) is 4.98. The normalized spacial score (nSPS) is 12.0. The third-order valence-electron chi connectivity index (χ3n) is 3.98. The van der Waals surface area contributed by atoms with Crippen molar-refractivity contribution in [1.29, 1.82) is 0 Å². The molecule has 1 unspecified atom stereocenters. The number of H-pyrrole nitrogens is 1. The number of thiophene rings is 1. The zero-order chi connectivity index (χ0) is 18.8. The maximum Gasteiger partial charge on any atom is 0.291 e. The number of nitrogens with zero attached hydrogens (tertiary/aromatic N) is 1. The topological polar surface area (TPSA) is 100 Å². The van der Waals surface area contributed by atoms with E-state index in [2.05, 4.69) is 20.6 Å². The molecule has 7 nitrogen and oxygen atoms in total. The van der Waals surface area contributed by atoms with Crippen molar-refractivity contribution in [3.63, 3.8) is 0 Å². The van der Waals surface area contributed by atoms with Crippen molar-refractivity contribution in [3.05, 3.63) is 71.3 Å². The molecule has 0 aliphatic rings. The minimum Gasteiger partial charge on any atom is -0.459 e. The van der Waals surface area contributed by atoms with Gasteiger partial charge in [-0.15, -0.1) is 11.3 Å². The molecule has 4 aromatic rings. The lowest BCUT2D eigenvalue weighted by Crippen LogP contribution is -2.26. The molecule has 8 heteroatoms. The van der Waals surface area contributed by atoms with E-state index < -0.39 is 0 Å². The number of carbonyl (C=O) groups excluding carboxylic acids is 2. The quantitative estimate of drug-likeness (QED) is 0.488. The highest BCUT2D eigenvalue weighted by Crippen LogP contribution is 2.24. The molecule has 0 fully saturated rings. The Morgan fingerprint density at radius 1 is 1.11 bits per heavy atom. The number of hydrogen-bond acceptors (Lipinski definition) is 5. The fourth-order valence-electron chi connectivity index (χ4n) is 2.62. The van der Waals surface area contributed by atoms with Crippen LogP contribution in [0.15, 0.2) is 59.2 Å². The van der Waals surface area contributed by atoms with Crippen LogP contribution >= 0.6 is 11.3 Å². The van der Waals surface area contributed by atoms with Gasteiger partial charge < -0.3 is 20.0 Å². The van der Waals surface area contributed by atoms with E-state index in [1.807, 2.05) is 31.2 Å². The van der Waals surface area contributed by atoms with Crippen LogP contribution in [0.2, 0.25) is 0 Å². The Morgan fingerprint density at radius 3 is 2.74 bits per heavy atom. The number of anilines is 1. The van der Waals surface area contributed by atoms with Crippen molar-refractivity contribution in [2.75, 3.05) is 5.32 Å². The first kappa shape index (κ1) is 17.0. The van der Waals surface area contributed by atoms with E-state index in [9.17, 15) is 9.59 Å². The van der Waals surface area contributed by atoms with Crippen molar-refractivity contribution in [2.45, 2.75) is 13.0 Å². The van der Waals surface area contributed by atoms with Crippen LogP contribution in [0.4, 0.5) is 5.00 Å². The summed E-state index contributed by atoms with van der Waals surface area (Å²) >= 11 is 1.19. The average Bonchev–Trinajstić information content (AvgIpc) is 3.40. The first-order valence-corrected chi connectivity index (χ1v) is 9.12. The summed E-state index contributed by atoms with van der Waals surface area (Å²) in [7, 11) is 0. The second-order valence-corrected chi connectivity index (χ2v) is 7.01. The van der Waals surface area contributed by atoms with E-state index in [0.29, 0.717) is 15.7 Å². The lowest BCUT2D eigenvalue weighted by Gasteiger charge is -2.10. The van der Waals surface area contributed by atoms with Crippen LogP contribution < -0.4 is 10.6 Å². The van der Waals surface area contributed by atoms with Crippen molar-refractivity contribution in [2.24, 2.45) is 0 Å². The lowest BCUT2D eigenvalue weighted by molar-refractivity contribution is 0.0941. The molecule has 0 saturated carbocycles. The Balaban J connectivity index is 1.42. The molecule has 3 aromatic heterocycles. The van der Waals surface area contributed by atoms with Gasteiger partial charge in [0.1, 0.15) is 5.82 Å². The summed E-state index contributed by atoms with van der Waals surface area (Å²) in [5.41, 5.74) is 1.78. The minimum atomic E-state index is -0.357. The Kier molecular flexibility index (Phi) is 4.47. The Hall–Kier alpha value is -3.39. The zero-order valence-electron chi connectivity index (χ0n) is 14.4. The molecule has 0 bridgehead atoms. The van der Waals surface area contributed by atoms with Gasteiger partial charge in [0.15, 0.2) is 5.76 Å². The van der Waals surface area contributed by atoms with Crippen LogP contribution in [-0.2, 0) is 0 Å². The molecule has 0 aliphatic heterocycles. The van der Waals surface area contributed by atoms with Gasteiger partial charge in [-0.3, -0.25) is 9.59 Å². The highest BCUT2D eigenvalue weighted by atomic mass is 32.1. The van der Waals surface area contributed by atoms with Gasteiger partial charge in [0.05, 0.1) is 33.2 Å². The van der Waals surface area contributed by atoms with Crippen LogP contribution in [0.25, 0.3) is 11.0 Å². The number of aromatic nitrogens is 2. The molecule has 3 heterocycles. The summed E-state index contributed by atoms with van der Waals surface area (Å²) in [6, 6.07) is 14.0. The van der Waals surface area contributed by atoms with Crippen molar-refractivity contribution in [3.8, 4) is 0 Å². The molecule has 0 radical (unpaired) electrons. The van der Waals surface area contributed by atoms with Crippen molar-refractivity contribution >= 4 is 39.2 Å². The van der Waals surface area contributed by atoms with Crippen LogP contribution in [0, 0.1) is 0 Å². The predicted octanol–water partition coefficient (Wildman–Crippen LogP) is 3.96. The van der Waals surface area contributed by atoms with Gasteiger partial charge in [0.2, 0.25) is 0 Å². The number of rotatable bonds is 5. The highest BCUT2D eigenvalue weighted by Gasteiger charge is 2.17. The standard InChI is InChI=1S/C19H16N4O3S/c1-11(17-21-12-5-2-3-6-13(12)22-17)20-19(25)15-8-9-16(27-15)23-18(24)14-7-4-10-26-14/h2-11H,1H3,(H,20,25)(H,21,22)(H,23,24). The predicted molar refractivity (Wildman–Crippen MR) is 103 cm³/mol. The van der Waals surface area contributed by atoms with E-state index in [0.717, 1.165) is 11.0 Å². The van der Waals surface area contributed by atoms with Crippen LogP contribution in [-0.4, -0.2) is 21.8 Å². The number of amides is 2. The summed E-state index contributed by atoms with van der Waals surface area (Å²) in [5, 5.41) is 6.19. The number of benzene rings is 1. The molecule has 2 amide bonds. The Labute approximate surface area is 158 Å². The average molecular weight is 380 g/mol. The van der Waals surface area contributed by atoms with Gasteiger partial charge in [-0.05, 0) is 43.3 Å².